The maximum atomic E-state index is 12.1. The van der Waals surface area contributed by atoms with E-state index in [0.29, 0.717) is 5.56 Å². The number of hydrogen-bond donors (Lipinski definition) is 1. The second kappa shape index (κ2) is 7.02. The van der Waals surface area contributed by atoms with Gasteiger partial charge in [0.05, 0.1) is 28.0 Å². The van der Waals surface area contributed by atoms with Crippen LogP contribution < -0.4 is 5.32 Å². The van der Waals surface area contributed by atoms with Gasteiger partial charge < -0.3 is 5.32 Å². The second-order valence-corrected chi connectivity index (χ2v) is 9.20. The SMILES string of the molecule is CC(CS(C)(=O)=O)NCCS(=O)(=O)c1ccc(C#N)cc1. The van der Waals surface area contributed by atoms with Crippen LogP contribution in [-0.4, -0.2) is 47.2 Å². The van der Waals surface area contributed by atoms with Crippen molar-refractivity contribution in [1.29, 1.82) is 5.26 Å². The highest BCUT2D eigenvalue weighted by molar-refractivity contribution is 7.91. The largest absolute Gasteiger partial charge is 0.312 e. The number of hydrogen-bond acceptors (Lipinski definition) is 6. The molecule has 6 nitrogen and oxygen atoms in total. The Labute approximate surface area is 125 Å². The molecule has 1 aromatic rings. The molecule has 0 fully saturated rings. The fourth-order valence-electron chi connectivity index (χ4n) is 1.81. The van der Waals surface area contributed by atoms with Gasteiger partial charge in [0.2, 0.25) is 0 Å². The zero-order valence-corrected chi connectivity index (χ0v) is 13.5. The number of nitriles is 1. The van der Waals surface area contributed by atoms with Crippen LogP contribution in [0.3, 0.4) is 0 Å². The molecule has 0 saturated carbocycles. The van der Waals surface area contributed by atoms with Crippen LogP contribution in [-0.2, 0) is 19.7 Å². The number of rotatable bonds is 7. The van der Waals surface area contributed by atoms with Crippen LogP contribution in [0.4, 0.5) is 0 Å². The van der Waals surface area contributed by atoms with Gasteiger partial charge in [0.15, 0.2) is 9.84 Å². The Morgan fingerprint density at radius 1 is 1.19 bits per heavy atom. The molecular weight excluding hydrogens is 312 g/mol. The van der Waals surface area contributed by atoms with Gasteiger partial charge in [-0.3, -0.25) is 0 Å². The molecule has 0 amide bonds. The third-order valence-corrected chi connectivity index (χ3v) is 5.60. The first-order valence-corrected chi connectivity index (χ1v) is 9.99. The second-order valence-electron chi connectivity index (χ2n) is 4.90. The van der Waals surface area contributed by atoms with E-state index in [9.17, 15) is 16.8 Å². The molecule has 1 rings (SSSR count). The van der Waals surface area contributed by atoms with Gasteiger partial charge in [-0.15, -0.1) is 0 Å². The van der Waals surface area contributed by atoms with Crippen molar-refractivity contribution in [2.75, 3.05) is 24.3 Å². The Hall–Kier alpha value is -1.43. The Kier molecular flexibility index (Phi) is 5.89. The molecule has 0 spiro atoms. The highest BCUT2D eigenvalue weighted by Gasteiger charge is 2.15. The Morgan fingerprint density at radius 2 is 1.76 bits per heavy atom. The third-order valence-electron chi connectivity index (χ3n) is 2.76. The molecule has 8 heteroatoms. The summed E-state index contributed by atoms with van der Waals surface area (Å²) in [6.07, 6.45) is 1.14. The highest BCUT2D eigenvalue weighted by Crippen LogP contribution is 2.11. The molecule has 1 atom stereocenters. The van der Waals surface area contributed by atoms with Gasteiger partial charge in [-0.05, 0) is 31.2 Å². The molecule has 116 valence electrons. The summed E-state index contributed by atoms with van der Waals surface area (Å²) >= 11 is 0. The van der Waals surface area contributed by atoms with E-state index >= 15 is 0 Å². The number of nitrogens with one attached hydrogen (secondary N) is 1. The van der Waals surface area contributed by atoms with E-state index in [-0.39, 0.29) is 29.0 Å². The first-order chi connectivity index (χ1) is 9.64. The average Bonchev–Trinajstić information content (AvgIpc) is 2.36. The van der Waals surface area contributed by atoms with Gasteiger partial charge in [-0.1, -0.05) is 0 Å². The van der Waals surface area contributed by atoms with Crippen molar-refractivity contribution in [3.63, 3.8) is 0 Å². The minimum Gasteiger partial charge on any atom is -0.312 e. The Bertz CT molecular complexity index is 716. The van der Waals surface area contributed by atoms with Crippen LogP contribution in [0, 0.1) is 11.3 Å². The van der Waals surface area contributed by atoms with E-state index in [2.05, 4.69) is 5.32 Å². The van der Waals surface area contributed by atoms with Gasteiger partial charge >= 0.3 is 0 Å². The third kappa shape index (κ3) is 6.25. The molecule has 0 saturated heterocycles. The number of sulfone groups is 2. The molecule has 21 heavy (non-hydrogen) atoms. The molecule has 0 radical (unpaired) electrons. The lowest BCUT2D eigenvalue weighted by atomic mass is 10.2. The van der Waals surface area contributed by atoms with E-state index in [1.54, 1.807) is 6.92 Å². The molecule has 0 aromatic heterocycles. The van der Waals surface area contributed by atoms with E-state index < -0.39 is 19.7 Å². The summed E-state index contributed by atoms with van der Waals surface area (Å²) in [6, 6.07) is 7.31. The van der Waals surface area contributed by atoms with Crippen LogP contribution in [0.15, 0.2) is 29.2 Å². The van der Waals surface area contributed by atoms with E-state index in [1.165, 1.54) is 24.3 Å². The predicted molar refractivity (Wildman–Crippen MR) is 80.4 cm³/mol. The molecule has 0 bridgehead atoms. The van der Waals surface area contributed by atoms with Crippen molar-refractivity contribution in [2.24, 2.45) is 0 Å². The summed E-state index contributed by atoms with van der Waals surface area (Å²) in [6.45, 7) is 1.86. The summed E-state index contributed by atoms with van der Waals surface area (Å²) in [5.41, 5.74) is 0.397. The van der Waals surface area contributed by atoms with Crippen molar-refractivity contribution >= 4 is 19.7 Å². The van der Waals surface area contributed by atoms with Crippen molar-refractivity contribution in [3.05, 3.63) is 29.8 Å². The van der Waals surface area contributed by atoms with Crippen molar-refractivity contribution in [1.82, 2.24) is 5.32 Å². The van der Waals surface area contributed by atoms with Gasteiger partial charge in [0.1, 0.15) is 9.84 Å². The molecule has 1 unspecified atom stereocenters. The van der Waals surface area contributed by atoms with Crippen molar-refractivity contribution < 1.29 is 16.8 Å². The zero-order valence-electron chi connectivity index (χ0n) is 11.9. The van der Waals surface area contributed by atoms with Gasteiger partial charge in [0.25, 0.3) is 0 Å². The van der Waals surface area contributed by atoms with Crippen LogP contribution in [0.2, 0.25) is 0 Å². The maximum Gasteiger partial charge on any atom is 0.179 e. The highest BCUT2D eigenvalue weighted by atomic mass is 32.2. The molecular formula is C13H18N2O4S2. The van der Waals surface area contributed by atoms with Gasteiger partial charge in [0, 0.05) is 18.8 Å². The number of nitrogens with zero attached hydrogens (tertiary/aromatic N) is 1. The normalized spacial score (nSPS) is 13.6. The minimum atomic E-state index is -3.45. The van der Waals surface area contributed by atoms with E-state index in [1.807, 2.05) is 6.07 Å². The first-order valence-electron chi connectivity index (χ1n) is 6.28. The van der Waals surface area contributed by atoms with Crippen LogP contribution in [0.5, 0.6) is 0 Å². The summed E-state index contributed by atoms with van der Waals surface area (Å²) in [7, 11) is -6.54. The molecule has 0 aliphatic carbocycles. The lowest BCUT2D eigenvalue weighted by Gasteiger charge is -2.12. The maximum absolute atomic E-state index is 12.1. The van der Waals surface area contributed by atoms with Crippen molar-refractivity contribution in [3.8, 4) is 6.07 Å². The zero-order chi connectivity index (χ0) is 16.1. The fraction of sp³-hybridized carbons (Fsp3) is 0.462. The quantitative estimate of drug-likeness (QED) is 0.774. The first kappa shape index (κ1) is 17.6. The Balaban J connectivity index is 2.59. The summed E-state index contributed by atoms with van der Waals surface area (Å²) in [5, 5.41) is 11.5. The molecule has 0 heterocycles. The number of benzene rings is 1. The molecule has 1 N–H and O–H groups in total. The topological polar surface area (TPSA) is 104 Å². The lowest BCUT2D eigenvalue weighted by molar-refractivity contribution is 0.564. The smallest absolute Gasteiger partial charge is 0.179 e. The van der Waals surface area contributed by atoms with Crippen molar-refractivity contribution in [2.45, 2.75) is 17.9 Å². The summed E-state index contributed by atoms with van der Waals surface area (Å²) < 4.78 is 46.3. The van der Waals surface area contributed by atoms with Crippen LogP contribution in [0.25, 0.3) is 0 Å². The summed E-state index contributed by atoms with van der Waals surface area (Å²) in [5.74, 6) is -0.170. The van der Waals surface area contributed by atoms with E-state index in [0.717, 1.165) is 6.26 Å². The minimum absolute atomic E-state index is 0.0378. The average molecular weight is 330 g/mol. The standard InChI is InChI=1S/C13H18N2O4S2/c1-11(10-20(2,16)17)15-7-8-21(18,19)13-5-3-12(9-14)4-6-13/h3-6,11,15H,7-8,10H2,1-2H3. The molecule has 0 aliphatic heterocycles. The van der Waals surface area contributed by atoms with E-state index in [4.69, 9.17) is 5.26 Å². The monoisotopic (exact) mass is 330 g/mol. The predicted octanol–water partition coefficient (Wildman–Crippen LogP) is 0.355. The lowest BCUT2D eigenvalue weighted by Crippen LogP contribution is -2.35. The van der Waals surface area contributed by atoms with Gasteiger partial charge in [-0.25, -0.2) is 16.8 Å². The fourth-order valence-corrected chi connectivity index (χ4v) is 4.01. The summed E-state index contributed by atoms with van der Waals surface area (Å²) in [4.78, 5) is 0.152. The van der Waals surface area contributed by atoms with Crippen LogP contribution in [0.1, 0.15) is 12.5 Å². The molecule has 0 aliphatic rings. The Morgan fingerprint density at radius 3 is 2.24 bits per heavy atom. The van der Waals surface area contributed by atoms with Crippen LogP contribution >= 0.6 is 0 Å². The van der Waals surface area contributed by atoms with Gasteiger partial charge in [-0.2, -0.15) is 5.26 Å². The molecule has 1 aromatic carbocycles.